The number of benzene rings is 1. The van der Waals surface area contributed by atoms with E-state index in [9.17, 15) is 9.59 Å². The molecule has 1 rings (SSSR count). The summed E-state index contributed by atoms with van der Waals surface area (Å²) in [7, 11) is 1.38. The number of methoxy groups -OCH3 is 1. The second kappa shape index (κ2) is 10.4. The van der Waals surface area contributed by atoms with E-state index in [0.29, 0.717) is 12.8 Å². The Kier molecular flexibility index (Phi) is 8.33. The Balaban J connectivity index is 2.08. The summed E-state index contributed by atoms with van der Waals surface area (Å²) in [5.41, 5.74) is 3.25. The molecule has 0 atom stereocenters. The minimum absolute atomic E-state index is 0.136. The molecule has 0 aliphatic carbocycles. The number of esters is 1. The van der Waals surface area contributed by atoms with Crippen LogP contribution in [0.3, 0.4) is 0 Å². The van der Waals surface area contributed by atoms with Crippen LogP contribution in [0.2, 0.25) is 0 Å². The SMILES string of the molecule is COC(=O)CCCCCCC(=O)N/N=C/c1ccc(O)cc1. The van der Waals surface area contributed by atoms with E-state index in [2.05, 4.69) is 15.3 Å². The highest BCUT2D eigenvalue weighted by Gasteiger charge is 2.01. The molecule has 0 saturated carbocycles. The first-order valence-corrected chi connectivity index (χ1v) is 7.29. The number of phenolic OH excluding ortho intramolecular Hbond substituents is 1. The van der Waals surface area contributed by atoms with Gasteiger partial charge in [0.25, 0.3) is 0 Å². The van der Waals surface area contributed by atoms with Gasteiger partial charge in [0.2, 0.25) is 5.91 Å². The summed E-state index contributed by atoms with van der Waals surface area (Å²) in [6, 6.07) is 6.51. The van der Waals surface area contributed by atoms with E-state index in [4.69, 9.17) is 5.11 Å². The number of hydrogen-bond donors (Lipinski definition) is 2. The third kappa shape index (κ3) is 8.04. The molecule has 0 aliphatic rings. The van der Waals surface area contributed by atoms with Crippen LogP contribution in [0.4, 0.5) is 0 Å². The van der Waals surface area contributed by atoms with Crippen molar-refractivity contribution in [2.75, 3.05) is 7.11 Å². The van der Waals surface area contributed by atoms with Crippen molar-refractivity contribution in [3.63, 3.8) is 0 Å². The molecule has 0 bridgehead atoms. The van der Waals surface area contributed by atoms with Crippen LogP contribution in [-0.4, -0.2) is 30.3 Å². The molecule has 0 spiro atoms. The van der Waals surface area contributed by atoms with E-state index in [-0.39, 0.29) is 17.6 Å². The summed E-state index contributed by atoms with van der Waals surface area (Å²) in [6.45, 7) is 0. The first-order chi connectivity index (χ1) is 10.6. The maximum Gasteiger partial charge on any atom is 0.305 e. The summed E-state index contributed by atoms with van der Waals surface area (Å²) in [5, 5.41) is 13.0. The Labute approximate surface area is 130 Å². The standard InChI is InChI=1S/C16H22N2O4/c1-22-16(21)7-5-3-2-4-6-15(20)18-17-12-13-8-10-14(19)11-9-13/h8-12,19H,2-7H2,1H3,(H,18,20)/b17-12+. The lowest BCUT2D eigenvalue weighted by Crippen LogP contribution is -2.16. The van der Waals surface area contributed by atoms with Gasteiger partial charge in [-0.05, 0) is 42.7 Å². The lowest BCUT2D eigenvalue weighted by Gasteiger charge is -2.01. The predicted octanol–water partition coefficient (Wildman–Crippen LogP) is 2.36. The third-order valence-electron chi connectivity index (χ3n) is 3.06. The van der Waals surface area contributed by atoms with Crippen LogP contribution < -0.4 is 5.43 Å². The van der Waals surface area contributed by atoms with Crippen molar-refractivity contribution in [3.8, 4) is 5.75 Å². The zero-order chi connectivity index (χ0) is 16.2. The Hall–Kier alpha value is -2.37. The summed E-state index contributed by atoms with van der Waals surface area (Å²) < 4.78 is 4.55. The van der Waals surface area contributed by atoms with Crippen molar-refractivity contribution in [2.45, 2.75) is 38.5 Å². The average molecular weight is 306 g/mol. The minimum atomic E-state index is -0.193. The van der Waals surface area contributed by atoms with Gasteiger partial charge in [-0.15, -0.1) is 0 Å². The number of carbonyl (C=O) groups excluding carboxylic acids is 2. The van der Waals surface area contributed by atoms with E-state index in [0.717, 1.165) is 31.2 Å². The van der Waals surface area contributed by atoms with Gasteiger partial charge in [0.1, 0.15) is 5.75 Å². The number of hydrazone groups is 1. The number of hydrogen-bond acceptors (Lipinski definition) is 5. The molecule has 22 heavy (non-hydrogen) atoms. The van der Waals surface area contributed by atoms with Gasteiger partial charge in [-0.3, -0.25) is 9.59 Å². The molecule has 2 N–H and O–H groups in total. The summed E-state index contributed by atoms with van der Waals surface area (Å²) >= 11 is 0. The van der Waals surface area contributed by atoms with E-state index in [1.165, 1.54) is 13.3 Å². The van der Waals surface area contributed by atoms with Crippen molar-refractivity contribution in [1.82, 2.24) is 5.43 Å². The molecule has 0 radical (unpaired) electrons. The van der Waals surface area contributed by atoms with Crippen molar-refractivity contribution in [2.24, 2.45) is 5.10 Å². The topological polar surface area (TPSA) is 88.0 Å². The lowest BCUT2D eigenvalue weighted by molar-refractivity contribution is -0.140. The van der Waals surface area contributed by atoms with Crippen LogP contribution in [-0.2, 0) is 14.3 Å². The van der Waals surface area contributed by atoms with Crippen molar-refractivity contribution < 1.29 is 19.4 Å². The van der Waals surface area contributed by atoms with Gasteiger partial charge in [-0.1, -0.05) is 12.8 Å². The first kappa shape index (κ1) is 17.7. The summed E-state index contributed by atoms with van der Waals surface area (Å²) in [6.07, 6.45) is 5.71. The van der Waals surface area contributed by atoms with Crippen LogP contribution in [0.25, 0.3) is 0 Å². The fraction of sp³-hybridized carbons (Fsp3) is 0.438. The van der Waals surface area contributed by atoms with Crippen LogP contribution in [0.1, 0.15) is 44.1 Å². The monoisotopic (exact) mass is 306 g/mol. The molecule has 1 aromatic carbocycles. The maximum atomic E-state index is 11.5. The zero-order valence-corrected chi connectivity index (χ0v) is 12.7. The molecule has 1 aromatic rings. The molecular formula is C16H22N2O4. The Morgan fingerprint density at radius 3 is 2.41 bits per heavy atom. The van der Waals surface area contributed by atoms with Crippen molar-refractivity contribution in [1.29, 1.82) is 0 Å². The fourth-order valence-electron chi connectivity index (χ4n) is 1.81. The zero-order valence-electron chi connectivity index (χ0n) is 12.7. The minimum Gasteiger partial charge on any atom is -0.508 e. The number of amides is 1. The summed E-state index contributed by atoms with van der Waals surface area (Å²) in [4.78, 5) is 22.4. The number of carbonyl (C=O) groups is 2. The molecule has 6 heteroatoms. The Bertz CT molecular complexity index is 497. The largest absolute Gasteiger partial charge is 0.508 e. The quantitative estimate of drug-likeness (QED) is 0.317. The van der Waals surface area contributed by atoms with Crippen LogP contribution in [0, 0.1) is 0 Å². The smallest absolute Gasteiger partial charge is 0.305 e. The molecule has 0 heterocycles. The molecular weight excluding hydrogens is 284 g/mol. The van der Waals surface area contributed by atoms with E-state index in [1.54, 1.807) is 24.3 Å². The van der Waals surface area contributed by atoms with Gasteiger partial charge < -0.3 is 9.84 Å². The highest BCUT2D eigenvalue weighted by molar-refractivity contribution is 5.82. The molecule has 0 unspecified atom stereocenters. The first-order valence-electron chi connectivity index (χ1n) is 7.29. The van der Waals surface area contributed by atoms with Gasteiger partial charge >= 0.3 is 5.97 Å². The highest BCUT2D eigenvalue weighted by Crippen LogP contribution is 2.08. The van der Waals surface area contributed by atoms with Crippen LogP contribution >= 0.6 is 0 Å². The van der Waals surface area contributed by atoms with Gasteiger partial charge in [0.05, 0.1) is 13.3 Å². The number of ether oxygens (including phenoxy) is 1. The Morgan fingerprint density at radius 2 is 1.77 bits per heavy atom. The second-order valence-electron chi connectivity index (χ2n) is 4.88. The predicted molar refractivity (Wildman–Crippen MR) is 83.6 cm³/mol. The molecule has 0 aromatic heterocycles. The number of rotatable bonds is 9. The van der Waals surface area contributed by atoms with Gasteiger partial charge in [-0.25, -0.2) is 5.43 Å². The molecule has 0 fully saturated rings. The molecule has 1 amide bonds. The molecule has 0 saturated heterocycles. The molecule has 6 nitrogen and oxygen atoms in total. The number of nitrogens with zero attached hydrogens (tertiary/aromatic N) is 1. The average Bonchev–Trinajstić information content (AvgIpc) is 2.52. The van der Waals surface area contributed by atoms with Gasteiger partial charge in [0, 0.05) is 12.8 Å². The van der Waals surface area contributed by atoms with E-state index < -0.39 is 0 Å². The number of aromatic hydroxyl groups is 1. The summed E-state index contributed by atoms with van der Waals surface area (Å²) in [5.74, 6) is -0.141. The number of nitrogens with one attached hydrogen (secondary N) is 1. The fourth-order valence-corrected chi connectivity index (χ4v) is 1.81. The van der Waals surface area contributed by atoms with E-state index in [1.807, 2.05) is 0 Å². The van der Waals surface area contributed by atoms with Crippen LogP contribution in [0.5, 0.6) is 5.75 Å². The number of phenols is 1. The third-order valence-corrected chi connectivity index (χ3v) is 3.06. The van der Waals surface area contributed by atoms with Crippen molar-refractivity contribution >= 4 is 18.1 Å². The molecule has 0 aliphatic heterocycles. The van der Waals surface area contributed by atoms with Gasteiger partial charge in [-0.2, -0.15) is 5.10 Å². The maximum absolute atomic E-state index is 11.5. The van der Waals surface area contributed by atoms with E-state index >= 15 is 0 Å². The van der Waals surface area contributed by atoms with Crippen LogP contribution in [0.15, 0.2) is 29.4 Å². The number of unbranched alkanes of at least 4 members (excludes halogenated alkanes) is 3. The van der Waals surface area contributed by atoms with Crippen molar-refractivity contribution in [3.05, 3.63) is 29.8 Å². The second-order valence-corrected chi connectivity index (χ2v) is 4.88. The lowest BCUT2D eigenvalue weighted by atomic mass is 10.1. The highest BCUT2D eigenvalue weighted by atomic mass is 16.5. The molecule has 120 valence electrons. The normalized spacial score (nSPS) is 10.6. The van der Waals surface area contributed by atoms with Gasteiger partial charge in [0.15, 0.2) is 0 Å². The Morgan fingerprint density at radius 1 is 1.14 bits per heavy atom.